The van der Waals surface area contributed by atoms with Gasteiger partial charge < -0.3 is 19.9 Å². The van der Waals surface area contributed by atoms with Crippen LogP contribution in [-0.4, -0.2) is 50.1 Å². The summed E-state index contributed by atoms with van der Waals surface area (Å²) in [4.78, 5) is 17.0. The standard InChI is InChI=1S/C20H24ClN3O2/c1-15(26-19-9-3-16(21)4-10-19)20(25)22-17-5-7-18(8-6-17)24-13-11-23(2)12-14-24/h3-10,15H,11-14H2,1-2H3,(H,22,25). The summed E-state index contributed by atoms with van der Waals surface area (Å²) < 4.78 is 5.65. The molecule has 3 rings (SSSR count). The first-order valence-corrected chi connectivity index (χ1v) is 9.16. The summed E-state index contributed by atoms with van der Waals surface area (Å²) in [5.74, 6) is 0.426. The molecule has 1 atom stereocenters. The Morgan fingerprint density at radius 1 is 1.04 bits per heavy atom. The van der Waals surface area contributed by atoms with Crippen LogP contribution < -0.4 is 15.0 Å². The maximum absolute atomic E-state index is 12.3. The minimum absolute atomic E-state index is 0.188. The quantitative estimate of drug-likeness (QED) is 0.871. The molecule has 2 aromatic rings. The van der Waals surface area contributed by atoms with Crippen molar-refractivity contribution in [3.63, 3.8) is 0 Å². The van der Waals surface area contributed by atoms with Crippen LogP contribution in [0.25, 0.3) is 0 Å². The highest BCUT2D eigenvalue weighted by molar-refractivity contribution is 6.30. The van der Waals surface area contributed by atoms with Gasteiger partial charge in [0.25, 0.3) is 5.91 Å². The van der Waals surface area contributed by atoms with Gasteiger partial charge in [0.05, 0.1) is 0 Å². The highest BCUT2D eigenvalue weighted by Gasteiger charge is 2.16. The maximum atomic E-state index is 12.3. The second-order valence-electron chi connectivity index (χ2n) is 6.54. The summed E-state index contributed by atoms with van der Waals surface area (Å²) in [6, 6.07) is 14.9. The lowest BCUT2D eigenvalue weighted by Gasteiger charge is -2.34. The van der Waals surface area contributed by atoms with Crippen LogP contribution in [0.4, 0.5) is 11.4 Å². The number of carbonyl (C=O) groups excluding carboxylic acids is 1. The Morgan fingerprint density at radius 2 is 1.65 bits per heavy atom. The normalized spacial score (nSPS) is 16.2. The van der Waals surface area contributed by atoms with Crippen molar-refractivity contribution in [2.45, 2.75) is 13.0 Å². The molecule has 0 aliphatic carbocycles. The van der Waals surface area contributed by atoms with Crippen LogP contribution in [0.3, 0.4) is 0 Å². The number of ether oxygens (including phenoxy) is 1. The van der Waals surface area contributed by atoms with Gasteiger partial charge in [-0.1, -0.05) is 11.6 Å². The molecular formula is C20H24ClN3O2. The molecule has 1 N–H and O–H groups in total. The number of anilines is 2. The van der Waals surface area contributed by atoms with E-state index in [9.17, 15) is 4.79 Å². The average molecular weight is 374 g/mol. The summed E-state index contributed by atoms with van der Waals surface area (Å²) in [7, 11) is 2.14. The molecule has 2 aromatic carbocycles. The van der Waals surface area contributed by atoms with Crippen LogP contribution in [0.5, 0.6) is 5.75 Å². The Morgan fingerprint density at radius 3 is 2.27 bits per heavy atom. The van der Waals surface area contributed by atoms with Crippen LogP contribution in [0.2, 0.25) is 5.02 Å². The number of likely N-dealkylation sites (N-methyl/N-ethyl adjacent to an activating group) is 1. The summed E-state index contributed by atoms with van der Waals surface area (Å²) in [6.07, 6.45) is -0.603. The zero-order valence-electron chi connectivity index (χ0n) is 15.1. The number of nitrogens with zero attached hydrogens (tertiary/aromatic N) is 2. The number of piperazine rings is 1. The van der Waals surface area contributed by atoms with Crippen molar-refractivity contribution in [2.24, 2.45) is 0 Å². The topological polar surface area (TPSA) is 44.8 Å². The third kappa shape index (κ3) is 4.90. The van der Waals surface area contributed by atoms with Crippen molar-refractivity contribution < 1.29 is 9.53 Å². The fourth-order valence-corrected chi connectivity index (χ4v) is 2.96. The number of benzene rings is 2. The molecule has 1 amide bonds. The largest absolute Gasteiger partial charge is 0.481 e. The lowest BCUT2D eigenvalue weighted by Crippen LogP contribution is -2.44. The molecule has 1 saturated heterocycles. The lowest BCUT2D eigenvalue weighted by molar-refractivity contribution is -0.122. The highest BCUT2D eigenvalue weighted by Crippen LogP contribution is 2.20. The maximum Gasteiger partial charge on any atom is 0.265 e. The van der Waals surface area contributed by atoms with Crippen molar-refractivity contribution in [1.29, 1.82) is 0 Å². The molecule has 0 spiro atoms. The van der Waals surface area contributed by atoms with E-state index in [1.807, 2.05) is 24.3 Å². The molecule has 26 heavy (non-hydrogen) atoms. The number of hydrogen-bond acceptors (Lipinski definition) is 4. The predicted octanol–water partition coefficient (Wildman–Crippen LogP) is 3.50. The van der Waals surface area contributed by atoms with E-state index >= 15 is 0 Å². The van der Waals surface area contributed by atoms with Crippen LogP contribution in [0, 0.1) is 0 Å². The van der Waals surface area contributed by atoms with Gasteiger partial charge in [-0.2, -0.15) is 0 Å². The number of hydrogen-bond donors (Lipinski definition) is 1. The van der Waals surface area contributed by atoms with Gasteiger partial charge in [0.15, 0.2) is 6.10 Å². The van der Waals surface area contributed by atoms with E-state index in [4.69, 9.17) is 16.3 Å². The Balaban J connectivity index is 1.54. The molecule has 5 nitrogen and oxygen atoms in total. The molecular weight excluding hydrogens is 350 g/mol. The molecule has 1 aliphatic heterocycles. The minimum Gasteiger partial charge on any atom is -0.481 e. The van der Waals surface area contributed by atoms with Crippen LogP contribution >= 0.6 is 11.6 Å². The molecule has 0 bridgehead atoms. The predicted molar refractivity (Wildman–Crippen MR) is 106 cm³/mol. The van der Waals surface area contributed by atoms with Gasteiger partial charge in [-0.15, -0.1) is 0 Å². The molecule has 6 heteroatoms. The Bertz CT molecular complexity index is 726. The molecule has 0 saturated carbocycles. The van der Waals surface area contributed by atoms with Gasteiger partial charge in [-0.3, -0.25) is 4.79 Å². The number of carbonyl (C=O) groups is 1. The second kappa shape index (κ2) is 8.43. The zero-order chi connectivity index (χ0) is 18.5. The van der Waals surface area contributed by atoms with E-state index in [0.717, 1.165) is 31.9 Å². The molecule has 0 radical (unpaired) electrons. The van der Waals surface area contributed by atoms with Crippen LogP contribution in [0.1, 0.15) is 6.92 Å². The van der Waals surface area contributed by atoms with Crippen LogP contribution in [-0.2, 0) is 4.79 Å². The van der Waals surface area contributed by atoms with Crippen molar-refractivity contribution >= 4 is 28.9 Å². The molecule has 1 fully saturated rings. The third-order valence-corrected chi connectivity index (χ3v) is 4.75. The SMILES string of the molecule is CC(Oc1ccc(Cl)cc1)C(=O)Nc1ccc(N2CCN(C)CC2)cc1. The molecule has 1 heterocycles. The first kappa shape index (κ1) is 18.5. The van der Waals surface area contributed by atoms with Gasteiger partial charge in [0.2, 0.25) is 0 Å². The minimum atomic E-state index is -0.603. The van der Waals surface area contributed by atoms with Gasteiger partial charge in [0, 0.05) is 42.6 Å². The van der Waals surface area contributed by atoms with Crippen molar-refractivity contribution in [3.05, 3.63) is 53.6 Å². The smallest absolute Gasteiger partial charge is 0.265 e. The number of amides is 1. The average Bonchev–Trinajstić information content (AvgIpc) is 2.65. The lowest BCUT2D eigenvalue weighted by atomic mass is 10.2. The zero-order valence-corrected chi connectivity index (χ0v) is 15.9. The van der Waals surface area contributed by atoms with Crippen molar-refractivity contribution in [2.75, 3.05) is 43.4 Å². The summed E-state index contributed by atoms with van der Waals surface area (Å²) in [5.41, 5.74) is 1.95. The Kier molecular flexibility index (Phi) is 6.01. The number of rotatable bonds is 5. The van der Waals surface area contributed by atoms with Crippen molar-refractivity contribution in [3.8, 4) is 5.75 Å². The van der Waals surface area contributed by atoms with E-state index in [2.05, 4.69) is 22.2 Å². The fourth-order valence-electron chi connectivity index (χ4n) is 2.83. The molecule has 1 unspecified atom stereocenters. The molecule has 1 aliphatic rings. The number of nitrogens with one attached hydrogen (secondary N) is 1. The van der Waals surface area contributed by atoms with Gasteiger partial charge in [0.1, 0.15) is 5.75 Å². The molecule has 138 valence electrons. The molecule has 0 aromatic heterocycles. The van der Waals surface area contributed by atoms with E-state index in [0.29, 0.717) is 10.8 Å². The first-order valence-electron chi connectivity index (χ1n) is 8.78. The summed E-state index contributed by atoms with van der Waals surface area (Å²) in [5, 5.41) is 3.53. The van der Waals surface area contributed by atoms with E-state index in [1.165, 1.54) is 5.69 Å². The number of halogens is 1. The Hall–Kier alpha value is -2.24. The highest BCUT2D eigenvalue weighted by atomic mass is 35.5. The van der Waals surface area contributed by atoms with Crippen molar-refractivity contribution in [1.82, 2.24) is 4.90 Å². The first-order chi connectivity index (χ1) is 12.5. The van der Waals surface area contributed by atoms with E-state index < -0.39 is 6.10 Å². The van der Waals surface area contributed by atoms with Gasteiger partial charge >= 0.3 is 0 Å². The Labute approximate surface area is 159 Å². The summed E-state index contributed by atoms with van der Waals surface area (Å²) >= 11 is 5.85. The van der Waals surface area contributed by atoms with E-state index in [1.54, 1.807) is 31.2 Å². The summed E-state index contributed by atoms with van der Waals surface area (Å²) in [6.45, 7) is 5.90. The second-order valence-corrected chi connectivity index (χ2v) is 6.98. The fraction of sp³-hybridized carbons (Fsp3) is 0.350. The van der Waals surface area contributed by atoms with Gasteiger partial charge in [-0.05, 0) is 62.5 Å². The van der Waals surface area contributed by atoms with E-state index in [-0.39, 0.29) is 5.91 Å². The monoisotopic (exact) mass is 373 g/mol. The van der Waals surface area contributed by atoms with Gasteiger partial charge in [-0.25, -0.2) is 0 Å². The third-order valence-electron chi connectivity index (χ3n) is 4.50. The van der Waals surface area contributed by atoms with Crippen LogP contribution in [0.15, 0.2) is 48.5 Å².